The van der Waals surface area contributed by atoms with Crippen molar-refractivity contribution in [3.63, 3.8) is 0 Å². The summed E-state index contributed by atoms with van der Waals surface area (Å²) in [5.74, 6) is 0.0108. The van der Waals surface area contributed by atoms with Crippen LogP contribution in [-0.4, -0.2) is 60.8 Å². The predicted octanol–water partition coefficient (Wildman–Crippen LogP) is -0.890. The van der Waals surface area contributed by atoms with Crippen LogP contribution in [0.25, 0.3) is 11.2 Å². The van der Waals surface area contributed by atoms with Gasteiger partial charge in [0.15, 0.2) is 11.2 Å². The number of nitrogens with zero attached hydrogens (tertiary/aromatic N) is 4. The summed E-state index contributed by atoms with van der Waals surface area (Å²) in [5.41, 5.74) is 1.04. The maximum atomic E-state index is 10.1. The number of ether oxygens (including phenoxy) is 1. The number of rotatable bonds is 3. The number of methoxy groups -OCH3 is 1. The van der Waals surface area contributed by atoms with E-state index in [9.17, 15) is 15.3 Å². The SMILES string of the molecule is COc1ncnc2c1ncn2C1CC(CO)C(O)C1O. The number of imidazole rings is 1. The standard InChI is InChI=1S/C12H16N4O4/c1-20-12-8-11(13-4-14-12)16(5-15-8)7-2-6(3-17)9(18)10(7)19/h4-7,9-10,17-19H,2-3H2,1H3. The van der Waals surface area contributed by atoms with Crippen molar-refractivity contribution in [3.8, 4) is 5.88 Å². The van der Waals surface area contributed by atoms with E-state index in [2.05, 4.69) is 15.0 Å². The normalized spacial score (nSPS) is 30.0. The second-order valence-electron chi connectivity index (χ2n) is 4.93. The van der Waals surface area contributed by atoms with Gasteiger partial charge in [0, 0.05) is 12.5 Å². The largest absolute Gasteiger partial charge is 0.479 e. The molecule has 2 aromatic rings. The highest BCUT2D eigenvalue weighted by Gasteiger charge is 2.42. The molecule has 3 rings (SSSR count). The smallest absolute Gasteiger partial charge is 0.245 e. The molecule has 4 atom stereocenters. The average Bonchev–Trinajstić information content (AvgIpc) is 3.01. The molecule has 0 radical (unpaired) electrons. The summed E-state index contributed by atoms with van der Waals surface area (Å²) in [4.78, 5) is 12.3. The topological polar surface area (TPSA) is 114 Å². The van der Waals surface area contributed by atoms with E-state index in [4.69, 9.17) is 4.74 Å². The number of aliphatic hydroxyl groups is 3. The molecule has 1 aliphatic carbocycles. The lowest BCUT2D eigenvalue weighted by Crippen LogP contribution is -2.30. The molecule has 1 saturated carbocycles. The molecule has 20 heavy (non-hydrogen) atoms. The van der Waals surface area contributed by atoms with Gasteiger partial charge in [-0.2, -0.15) is 4.98 Å². The van der Waals surface area contributed by atoms with Crippen LogP contribution in [-0.2, 0) is 0 Å². The van der Waals surface area contributed by atoms with Gasteiger partial charge in [-0.05, 0) is 6.42 Å². The highest BCUT2D eigenvalue weighted by Crippen LogP contribution is 2.37. The van der Waals surface area contributed by atoms with Crippen molar-refractivity contribution < 1.29 is 20.1 Å². The first-order chi connectivity index (χ1) is 9.67. The molecule has 2 heterocycles. The van der Waals surface area contributed by atoms with E-state index in [1.165, 1.54) is 13.4 Å². The van der Waals surface area contributed by atoms with Gasteiger partial charge >= 0.3 is 0 Å². The van der Waals surface area contributed by atoms with Crippen LogP contribution >= 0.6 is 0 Å². The van der Waals surface area contributed by atoms with Crippen LogP contribution in [0.15, 0.2) is 12.7 Å². The molecule has 4 unspecified atom stereocenters. The Kier molecular flexibility index (Phi) is 3.28. The minimum absolute atomic E-state index is 0.167. The third kappa shape index (κ3) is 1.84. The molecule has 1 fully saturated rings. The summed E-state index contributed by atoms with van der Waals surface area (Å²) in [6.45, 7) is -0.167. The summed E-state index contributed by atoms with van der Waals surface area (Å²) in [5, 5.41) is 29.3. The fourth-order valence-electron chi connectivity index (χ4n) is 2.78. The molecule has 108 valence electrons. The Morgan fingerprint density at radius 1 is 1.30 bits per heavy atom. The van der Waals surface area contributed by atoms with Gasteiger partial charge in [0.05, 0.1) is 25.6 Å². The number of hydrogen-bond acceptors (Lipinski definition) is 7. The zero-order valence-corrected chi connectivity index (χ0v) is 10.9. The first-order valence-electron chi connectivity index (χ1n) is 6.36. The van der Waals surface area contributed by atoms with Gasteiger partial charge in [0.2, 0.25) is 5.88 Å². The molecule has 8 heteroatoms. The molecule has 3 N–H and O–H groups in total. The Bertz CT molecular complexity index is 617. The van der Waals surface area contributed by atoms with E-state index < -0.39 is 12.2 Å². The Balaban J connectivity index is 2.03. The lowest BCUT2D eigenvalue weighted by Gasteiger charge is -2.18. The molecule has 0 aromatic carbocycles. The minimum Gasteiger partial charge on any atom is -0.479 e. The fourth-order valence-corrected chi connectivity index (χ4v) is 2.78. The van der Waals surface area contributed by atoms with Crippen LogP contribution in [0.1, 0.15) is 12.5 Å². The van der Waals surface area contributed by atoms with Crippen molar-refractivity contribution in [2.24, 2.45) is 5.92 Å². The first-order valence-corrected chi connectivity index (χ1v) is 6.36. The van der Waals surface area contributed by atoms with Gasteiger partial charge in [0.25, 0.3) is 0 Å². The summed E-state index contributed by atoms with van der Waals surface area (Å²) < 4.78 is 6.81. The second-order valence-corrected chi connectivity index (χ2v) is 4.93. The van der Waals surface area contributed by atoms with Crippen LogP contribution < -0.4 is 4.74 Å². The molecule has 0 aliphatic heterocycles. The van der Waals surface area contributed by atoms with Crippen LogP contribution in [0.2, 0.25) is 0 Å². The van der Waals surface area contributed by atoms with Crippen LogP contribution in [0.3, 0.4) is 0 Å². The van der Waals surface area contributed by atoms with E-state index in [1.807, 2.05) is 0 Å². The molecule has 0 spiro atoms. The Morgan fingerprint density at radius 2 is 2.10 bits per heavy atom. The molecular weight excluding hydrogens is 264 g/mol. The summed E-state index contributed by atoms with van der Waals surface area (Å²) in [6, 6.07) is -0.383. The van der Waals surface area contributed by atoms with E-state index in [0.717, 1.165) is 0 Å². The van der Waals surface area contributed by atoms with Crippen molar-refractivity contribution in [3.05, 3.63) is 12.7 Å². The third-order valence-corrected chi connectivity index (χ3v) is 3.88. The zero-order chi connectivity index (χ0) is 14.3. The van der Waals surface area contributed by atoms with Crippen LogP contribution in [0, 0.1) is 5.92 Å². The first kappa shape index (κ1) is 13.2. The van der Waals surface area contributed by atoms with Gasteiger partial charge in [-0.15, -0.1) is 0 Å². The van der Waals surface area contributed by atoms with Crippen molar-refractivity contribution in [2.45, 2.75) is 24.7 Å². The van der Waals surface area contributed by atoms with Gasteiger partial charge in [-0.25, -0.2) is 9.97 Å². The van der Waals surface area contributed by atoms with Crippen molar-refractivity contribution in [1.29, 1.82) is 0 Å². The predicted molar refractivity (Wildman–Crippen MR) is 68.1 cm³/mol. The molecule has 2 aromatic heterocycles. The van der Waals surface area contributed by atoms with Gasteiger partial charge in [0.1, 0.15) is 12.4 Å². The van der Waals surface area contributed by atoms with Gasteiger partial charge in [-0.3, -0.25) is 0 Å². The highest BCUT2D eigenvalue weighted by molar-refractivity contribution is 5.76. The number of aromatic nitrogens is 4. The van der Waals surface area contributed by atoms with E-state index in [1.54, 1.807) is 10.9 Å². The Labute approximate surface area is 114 Å². The lowest BCUT2D eigenvalue weighted by atomic mass is 10.1. The number of hydrogen-bond donors (Lipinski definition) is 3. The molecule has 0 saturated heterocycles. The monoisotopic (exact) mass is 280 g/mol. The summed E-state index contributed by atoms with van der Waals surface area (Å²) in [7, 11) is 1.50. The maximum Gasteiger partial charge on any atom is 0.245 e. The third-order valence-electron chi connectivity index (χ3n) is 3.88. The Hall–Kier alpha value is -1.77. The second kappa shape index (κ2) is 4.97. The van der Waals surface area contributed by atoms with E-state index in [0.29, 0.717) is 23.5 Å². The van der Waals surface area contributed by atoms with Crippen molar-refractivity contribution in [1.82, 2.24) is 19.5 Å². The molecule has 0 amide bonds. The quantitative estimate of drug-likeness (QED) is 0.668. The highest BCUT2D eigenvalue weighted by atomic mass is 16.5. The zero-order valence-electron chi connectivity index (χ0n) is 10.9. The lowest BCUT2D eigenvalue weighted by molar-refractivity contribution is -0.00370. The molecule has 8 nitrogen and oxygen atoms in total. The van der Waals surface area contributed by atoms with E-state index >= 15 is 0 Å². The minimum atomic E-state index is -0.967. The van der Waals surface area contributed by atoms with Crippen molar-refractivity contribution in [2.75, 3.05) is 13.7 Å². The summed E-state index contributed by atoms with van der Waals surface area (Å²) in [6.07, 6.45) is 1.44. The fraction of sp³-hybridized carbons (Fsp3) is 0.583. The van der Waals surface area contributed by atoms with Crippen molar-refractivity contribution >= 4 is 11.2 Å². The van der Waals surface area contributed by atoms with Crippen LogP contribution in [0.5, 0.6) is 5.88 Å². The molecule has 0 bridgehead atoms. The van der Waals surface area contributed by atoms with Crippen LogP contribution in [0.4, 0.5) is 0 Å². The van der Waals surface area contributed by atoms with Gasteiger partial charge in [-0.1, -0.05) is 0 Å². The number of aliphatic hydroxyl groups excluding tert-OH is 3. The molecule has 1 aliphatic rings. The van der Waals surface area contributed by atoms with E-state index in [-0.39, 0.29) is 18.6 Å². The summed E-state index contributed by atoms with van der Waals surface area (Å²) >= 11 is 0. The molecular formula is C12H16N4O4. The Morgan fingerprint density at radius 3 is 2.75 bits per heavy atom. The van der Waals surface area contributed by atoms with Gasteiger partial charge < -0.3 is 24.6 Å². The number of fused-ring (bicyclic) bond motifs is 1. The maximum absolute atomic E-state index is 10.1. The average molecular weight is 280 g/mol.